The van der Waals surface area contributed by atoms with Gasteiger partial charge in [-0.15, -0.1) is 0 Å². The Balaban J connectivity index is 1.92. The number of hydrogen-bond donors (Lipinski definition) is 2. The Bertz CT molecular complexity index is 469. The van der Waals surface area contributed by atoms with Gasteiger partial charge >= 0.3 is 0 Å². The number of nitrogens with zero attached hydrogens (tertiary/aromatic N) is 2. The molecule has 3 rings (SSSR count). The van der Waals surface area contributed by atoms with Gasteiger partial charge in [-0.3, -0.25) is 5.10 Å². The molecule has 0 saturated heterocycles. The van der Waals surface area contributed by atoms with E-state index in [1.807, 2.05) is 6.07 Å². The average molecular weight is 216 g/mol. The molecule has 1 atom stereocenters. The normalized spacial score (nSPS) is 19.7. The Labute approximate surface area is 94.5 Å². The highest BCUT2D eigenvalue weighted by atomic mass is 15.1. The summed E-state index contributed by atoms with van der Waals surface area (Å²) in [6.45, 7) is 2.27. The van der Waals surface area contributed by atoms with E-state index in [-0.39, 0.29) is 0 Å². The van der Waals surface area contributed by atoms with Crippen LogP contribution in [0.1, 0.15) is 31.2 Å². The molecule has 2 heterocycles. The number of aromatic amines is 2. The Kier molecular flexibility index (Phi) is 2.27. The SMILES string of the molecule is CCC1CCc2nc(-c3ccn[nH]3)[nH]c2C1. The van der Waals surface area contributed by atoms with Gasteiger partial charge in [-0.1, -0.05) is 13.3 Å². The molecule has 1 aliphatic rings. The van der Waals surface area contributed by atoms with Gasteiger partial charge in [-0.05, 0) is 31.2 Å². The molecule has 2 aromatic rings. The molecule has 84 valence electrons. The summed E-state index contributed by atoms with van der Waals surface area (Å²) in [7, 11) is 0. The van der Waals surface area contributed by atoms with Crippen LogP contribution in [0, 0.1) is 5.92 Å². The number of nitrogens with one attached hydrogen (secondary N) is 2. The largest absolute Gasteiger partial charge is 0.340 e. The molecule has 0 bridgehead atoms. The van der Waals surface area contributed by atoms with Crippen molar-refractivity contribution in [2.24, 2.45) is 5.92 Å². The van der Waals surface area contributed by atoms with E-state index < -0.39 is 0 Å². The van der Waals surface area contributed by atoms with Gasteiger partial charge in [0.05, 0.1) is 5.69 Å². The Hall–Kier alpha value is -1.58. The fourth-order valence-corrected chi connectivity index (χ4v) is 2.42. The van der Waals surface area contributed by atoms with Gasteiger partial charge < -0.3 is 4.98 Å². The number of aromatic nitrogens is 4. The van der Waals surface area contributed by atoms with Crippen molar-refractivity contribution >= 4 is 0 Å². The summed E-state index contributed by atoms with van der Waals surface area (Å²) in [4.78, 5) is 8.05. The highest BCUT2D eigenvalue weighted by Gasteiger charge is 2.21. The minimum Gasteiger partial charge on any atom is -0.340 e. The maximum Gasteiger partial charge on any atom is 0.155 e. The molecule has 0 fully saturated rings. The molecule has 0 radical (unpaired) electrons. The number of fused-ring (bicyclic) bond motifs is 1. The van der Waals surface area contributed by atoms with Crippen LogP contribution >= 0.6 is 0 Å². The highest BCUT2D eigenvalue weighted by Crippen LogP contribution is 2.27. The topological polar surface area (TPSA) is 57.4 Å². The van der Waals surface area contributed by atoms with E-state index in [9.17, 15) is 0 Å². The maximum absolute atomic E-state index is 4.64. The van der Waals surface area contributed by atoms with Crippen molar-refractivity contribution in [3.63, 3.8) is 0 Å². The van der Waals surface area contributed by atoms with Crippen molar-refractivity contribution in [2.75, 3.05) is 0 Å². The second-order valence-electron chi connectivity index (χ2n) is 4.50. The van der Waals surface area contributed by atoms with Crippen LogP contribution in [0.3, 0.4) is 0 Å². The van der Waals surface area contributed by atoms with Gasteiger partial charge in [0.15, 0.2) is 5.82 Å². The summed E-state index contributed by atoms with van der Waals surface area (Å²) >= 11 is 0. The van der Waals surface area contributed by atoms with Gasteiger partial charge in [0.2, 0.25) is 0 Å². The van der Waals surface area contributed by atoms with Crippen LogP contribution in [0.2, 0.25) is 0 Å². The molecule has 0 aromatic carbocycles. The number of imidazole rings is 1. The number of rotatable bonds is 2. The molecule has 2 aromatic heterocycles. The zero-order valence-electron chi connectivity index (χ0n) is 9.45. The molecule has 16 heavy (non-hydrogen) atoms. The molecule has 0 spiro atoms. The zero-order chi connectivity index (χ0) is 11.0. The Morgan fingerprint density at radius 2 is 2.44 bits per heavy atom. The van der Waals surface area contributed by atoms with Gasteiger partial charge in [-0.2, -0.15) is 5.10 Å². The van der Waals surface area contributed by atoms with Crippen molar-refractivity contribution in [1.29, 1.82) is 0 Å². The average Bonchev–Trinajstić information content (AvgIpc) is 2.96. The standard InChI is InChI=1S/C12H16N4/c1-2-8-3-4-9-11(7-8)15-12(14-9)10-5-6-13-16-10/h5-6,8H,2-4,7H2,1H3,(H,13,16)(H,14,15). The van der Waals surface area contributed by atoms with Crippen LogP contribution in [0.15, 0.2) is 12.3 Å². The first kappa shape index (κ1) is 9.63. The van der Waals surface area contributed by atoms with Gasteiger partial charge in [0, 0.05) is 11.9 Å². The number of H-pyrrole nitrogens is 2. The number of aryl methyl sites for hydroxylation is 1. The fourth-order valence-electron chi connectivity index (χ4n) is 2.42. The Morgan fingerprint density at radius 1 is 1.50 bits per heavy atom. The first-order chi connectivity index (χ1) is 7.86. The second-order valence-corrected chi connectivity index (χ2v) is 4.50. The first-order valence-electron chi connectivity index (χ1n) is 5.94. The first-order valence-corrected chi connectivity index (χ1v) is 5.94. The van der Waals surface area contributed by atoms with Crippen LogP contribution in [-0.4, -0.2) is 20.2 Å². The summed E-state index contributed by atoms with van der Waals surface area (Å²) in [5.74, 6) is 1.75. The third kappa shape index (κ3) is 1.54. The molecular weight excluding hydrogens is 200 g/mol. The highest BCUT2D eigenvalue weighted by molar-refractivity contribution is 5.49. The third-order valence-corrected chi connectivity index (χ3v) is 3.48. The lowest BCUT2D eigenvalue weighted by Crippen LogP contribution is -2.12. The third-order valence-electron chi connectivity index (χ3n) is 3.48. The summed E-state index contributed by atoms with van der Waals surface area (Å²) in [6, 6.07) is 1.95. The maximum atomic E-state index is 4.64. The van der Waals surface area contributed by atoms with E-state index in [4.69, 9.17) is 0 Å². The molecule has 2 N–H and O–H groups in total. The van der Waals surface area contributed by atoms with Crippen LogP contribution < -0.4 is 0 Å². The predicted octanol–water partition coefficient (Wildman–Crippen LogP) is 2.31. The van der Waals surface area contributed by atoms with E-state index >= 15 is 0 Å². The summed E-state index contributed by atoms with van der Waals surface area (Å²) in [5, 5.41) is 6.89. The minimum absolute atomic E-state index is 0.822. The Morgan fingerprint density at radius 3 is 3.19 bits per heavy atom. The molecule has 0 saturated carbocycles. The van der Waals surface area contributed by atoms with Crippen molar-refractivity contribution in [1.82, 2.24) is 20.2 Å². The minimum atomic E-state index is 0.822. The fraction of sp³-hybridized carbons (Fsp3) is 0.500. The molecule has 4 heteroatoms. The van der Waals surface area contributed by atoms with E-state index in [0.717, 1.165) is 30.3 Å². The zero-order valence-corrected chi connectivity index (χ0v) is 9.45. The summed E-state index contributed by atoms with van der Waals surface area (Å²) in [5.41, 5.74) is 3.54. The van der Waals surface area contributed by atoms with Gasteiger partial charge in [-0.25, -0.2) is 4.98 Å². The molecule has 1 aliphatic carbocycles. The number of hydrogen-bond acceptors (Lipinski definition) is 2. The molecule has 1 unspecified atom stereocenters. The molecular formula is C12H16N4. The quantitative estimate of drug-likeness (QED) is 0.809. The smallest absolute Gasteiger partial charge is 0.155 e. The van der Waals surface area contributed by atoms with E-state index in [1.54, 1.807) is 6.20 Å². The van der Waals surface area contributed by atoms with Crippen molar-refractivity contribution in [3.8, 4) is 11.5 Å². The van der Waals surface area contributed by atoms with Gasteiger partial charge in [0.1, 0.15) is 5.69 Å². The van der Waals surface area contributed by atoms with E-state index in [2.05, 4.69) is 27.1 Å². The van der Waals surface area contributed by atoms with Crippen LogP contribution in [-0.2, 0) is 12.8 Å². The van der Waals surface area contributed by atoms with Crippen LogP contribution in [0.5, 0.6) is 0 Å². The summed E-state index contributed by atoms with van der Waals surface area (Å²) < 4.78 is 0. The molecule has 0 amide bonds. The predicted molar refractivity (Wildman–Crippen MR) is 62.0 cm³/mol. The lowest BCUT2D eigenvalue weighted by Gasteiger charge is -2.18. The molecule has 4 nitrogen and oxygen atoms in total. The van der Waals surface area contributed by atoms with Crippen LogP contribution in [0.25, 0.3) is 11.5 Å². The van der Waals surface area contributed by atoms with Gasteiger partial charge in [0.25, 0.3) is 0 Å². The lowest BCUT2D eigenvalue weighted by molar-refractivity contribution is 0.438. The lowest BCUT2D eigenvalue weighted by atomic mass is 9.88. The van der Waals surface area contributed by atoms with E-state index in [0.29, 0.717) is 0 Å². The van der Waals surface area contributed by atoms with Crippen LogP contribution in [0.4, 0.5) is 0 Å². The summed E-state index contributed by atoms with van der Waals surface area (Å²) in [6.07, 6.45) is 6.55. The van der Waals surface area contributed by atoms with Crippen molar-refractivity contribution in [3.05, 3.63) is 23.7 Å². The molecule has 0 aliphatic heterocycles. The van der Waals surface area contributed by atoms with Crippen molar-refractivity contribution in [2.45, 2.75) is 32.6 Å². The van der Waals surface area contributed by atoms with E-state index in [1.165, 1.54) is 24.2 Å². The second kappa shape index (κ2) is 3.77. The monoisotopic (exact) mass is 216 g/mol. The van der Waals surface area contributed by atoms with Crippen molar-refractivity contribution < 1.29 is 0 Å².